The molecule has 1 fully saturated rings. The van der Waals surface area contributed by atoms with E-state index in [0.717, 1.165) is 6.61 Å². The van der Waals surface area contributed by atoms with Gasteiger partial charge in [0.15, 0.2) is 5.79 Å². The Morgan fingerprint density at radius 1 is 0.704 bits per heavy atom. The third-order valence-electron chi connectivity index (χ3n) is 5.51. The molecule has 1 heterocycles. The van der Waals surface area contributed by atoms with Crippen LogP contribution in [0.2, 0.25) is 0 Å². The Labute approximate surface area is 169 Å². The van der Waals surface area contributed by atoms with E-state index in [1.807, 2.05) is 13.8 Å². The molecule has 0 N–H and O–H groups in total. The lowest BCUT2D eigenvalue weighted by atomic mass is 10.0. The van der Waals surface area contributed by atoms with Crippen molar-refractivity contribution in [2.45, 2.75) is 135 Å². The van der Waals surface area contributed by atoms with E-state index < -0.39 is 5.79 Å². The van der Waals surface area contributed by atoms with Crippen LogP contribution in [0.25, 0.3) is 0 Å². The molecule has 1 aliphatic rings. The van der Waals surface area contributed by atoms with Gasteiger partial charge in [-0.1, -0.05) is 103 Å². The Balaban J connectivity index is 1.68. The van der Waals surface area contributed by atoms with Crippen molar-refractivity contribution in [1.82, 2.24) is 0 Å². The molecule has 0 bridgehead atoms. The highest BCUT2D eigenvalue weighted by molar-refractivity contribution is 4.70. The summed E-state index contributed by atoms with van der Waals surface area (Å²) in [5.74, 6) is -0.428. The Kier molecular flexibility index (Phi) is 15.5. The zero-order valence-electron chi connectivity index (χ0n) is 18.7. The van der Waals surface area contributed by atoms with Crippen molar-refractivity contribution in [2.75, 3.05) is 19.8 Å². The van der Waals surface area contributed by atoms with Gasteiger partial charge in [0.05, 0.1) is 13.2 Å². The van der Waals surface area contributed by atoms with E-state index in [0.29, 0.717) is 13.2 Å². The van der Waals surface area contributed by atoms with Crippen molar-refractivity contribution in [3.8, 4) is 0 Å². The summed E-state index contributed by atoms with van der Waals surface area (Å²) in [7, 11) is 0. The van der Waals surface area contributed by atoms with Crippen LogP contribution < -0.4 is 0 Å². The first-order chi connectivity index (χ1) is 13.1. The second kappa shape index (κ2) is 16.8. The summed E-state index contributed by atoms with van der Waals surface area (Å²) in [6.07, 6.45) is 22.6. The van der Waals surface area contributed by atoms with Gasteiger partial charge in [-0.15, -0.1) is 0 Å². The minimum absolute atomic E-state index is 0.112. The van der Waals surface area contributed by atoms with Crippen LogP contribution in [-0.4, -0.2) is 31.7 Å². The van der Waals surface area contributed by atoms with Gasteiger partial charge >= 0.3 is 0 Å². The number of hydrogen-bond acceptors (Lipinski definition) is 3. The number of unbranched alkanes of at least 4 members (excludes halogenated alkanes) is 15. The summed E-state index contributed by atoms with van der Waals surface area (Å²) < 4.78 is 17.0. The lowest BCUT2D eigenvalue weighted by Crippen LogP contribution is -2.24. The van der Waals surface area contributed by atoms with E-state index in [9.17, 15) is 0 Å². The second-order valence-electron chi connectivity index (χ2n) is 8.83. The van der Waals surface area contributed by atoms with Gasteiger partial charge in [0.2, 0.25) is 0 Å². The van der Waals surface area contributed by atoms with E-state index >= 15 is 0 Å². The molecule has 3 heteroatoms. The maximum Gasteiger partial charge on any atom is 0.163 e. The van der Waals surface area contributed by atoms with Crippen LogP contribution in [-0.2, 0) is 14.2 Å². The van der Waals surface area contributed by atoms with Crippen LogP contribution >= 0.6 is 0 Å². The number of rotatable bonds is 19. The molecule has 3 nitrogen and oxygen atoms in total. The molecule has 1 aliphatic heterocycles. The fraction of sp³-hybridized carbons (Fsp3) is 1.00. The first-order valence-corrected chi connectivity index (χ1v) is 12.0. The van der Waals surface area contributed by atoms with Gasteiger partial charge < -0.3 is 14.2 Å². The van der Waals surface area contributed by atoms with Crippen LogP contribution in [0, 0.1) is 0 Å². The van der Waals surface area contributed by atoms with Gasteiger partial charge in [-0.3, -0.25) is 0 Å². The summed E-state index contributed by atoms with van der Waals surface area (Å²) in [4.78, 5) is 0. The average molecular weight is 385 g/mol. The van der Waals surface area contributed by atoms with Gasteiger partial charge in [-0.2, -0.15) is 0 Å². The zero-order valence-corrected chi connectivity index (χ0v) is 18.7. The predicted octanol–water partition coefficient (Wildman–Crippen LogP) is 7.42. The minimum atomic E-state index is -0.428. The van der Waals surface area contributed by atoms with Crippen molar-refractivity contribution >= 4 is 0 Å². The molecule has 1 atom stereocenters. The normalized spacial score (nSPS) is 19.0. The monoisotopic (exact) mass is 384 g/mol. The first kappa shape index (κ1) is 24.9. The third-order valence-corrected chi connectivity index (χ3v) is 5.51. The Morgan fingerprint density at radius 3 is 1.56 bits per heavy atom. The van der Waals surface area contributed by atoms with Gasteiger partial charge in [0, 0.05) is 6.61 Å². The molecule has 0 aromatic carbocycles. The molecule has 162 valence electrons. The molecule has 0 radical (unpaired) electrons. The van der Waals surface area contributed by atoms with Crippen molar-refractivity contribution in [3.63, 3.8) is 0 Å². The molecule has 1 saturated heterocycles. The third kappa shape index (κ3) is 15.5. The number of ether oxygens (including phenoxy) is 3. The van der Waals surface area contributed by atoms with Gasteiger partial charge in [-0.25, -0.2) is 0 Å². The summed E-state index contributed by atoms with van der Waals surface area (Å²) in [5.41, 5.74) is 0. The predicted molar refractivity (Wildman–Crippen MR) is 115 cm³/mol. The molecule has 0 amide bonds. The van der Waals surface area contributed by atoms with Gasteiger partial charge in [0.25, 0.3) is 0 Å². The molecule has 27 heavy (non-hydrogen) atoms. The highest BCUT2D eigenvalue weighted by Crippen LogP contribution is 2.22. The van der Waals surface area contributed by atoms with E-state index in [2.05, 4.69) is 6.92 Å². The Hall–Kier alpha value is -0.120. The molecular formula is C24H48O3. The summed E-state index contributed by atoms with van der Waals surface area (Å²) in [6, 6.07) is 0. The maximum absolute atomic E-state index is 5.73. The number of hydrogen-bond donors (Lipinski definition) is 0. The quantitative estimate of drug-likeness (QED) is 0.217. The second-order valence-corrected chi connectivity index (χ2v) is 8.83. The Bertz CT molecular complexity index is 317. The zero-order chi connectivity index (χ0) is 19.6. The fourth-order valence-corrected chi connectivity index (χ4v) is 3.81. The van der Waals surface area contributed by atoms with Crippen LogP contribution in [0.1, 0.15) is 124 Å². The van der Waals surface area contributed by atoms with Crippen LogP contribution in [0.4, 0.5) is 0 Å². The summed E-state index contributed by atoms with van der Waals surface area (Å²) in [6.45, 7) is 8.40. The molecular weight excluding hydrogens is 336 g/mol. The van der Waals surface area contributed by atoms with E-state index in [-0.39, 0.29) is 6.10 Å². The molecule has 1 unspecified atom stereocenters. The van der Waals surface area contributed by atoms with Gasteiger partial charge in [-0.05, 0) is 20.3 Å². The smallest absolute Gasteiger partial charge is 0.163 e. The molecule has 1 rings (SSSR count). The molecule has 0 aromatic heterocycles. The SMILES string of the molecule is CCCCCCCCCCCCCCCCCCOCC1COC(C)(C)O1. The standard InChI is InChI=1S/C24H48O3/c1-4-5-6-7-8-9-10-11-12-13-14-15-16-17-18-19-20-25-21-23-22-26-24(2,3)27-23/h23H,4-22H2,1-3H3. The van der Waals surface area contributed by atoms with Crippen molar-refractivity contribution in [3.05, 3.63) is 0 Å². The van der Waals surface area contributed by atoms with E-state index in [4.69, 9.17) is 14.2 Å². The van der Waals surface area contributed by atoms with Crippen LogP contribution in [0.3, 0.4) is 0 Å². The Morgan fingerprint density at radius 2 is 1.15 bits per heavy atom. The van der Waals surface area contributed by atoms with Crippen LogP contribution in [0.15, 0.2) is 0 Å². The highest BCUT2D eigenvalue weighted by Gasteiger charge is 2.32. The lowest BCUT2D eigenvalue weighted by Gasteiger charge is -2.17. The average Bonchev–Trinajstić information content (AvgIpc) is 2.99. The summed E-state index contributed by atoms with van der Waals surface area (Å²) in [5, 5.41) is 0. The fourth-order valence-electron chi connectivity index (χ4n) is 3.81. The van der Waals surface area contributed by atoms with Crippen LogP contribution in [0.5, 0.6) is 0 Å². The van der Waals surface area contributed by atoms with Crippen molar-refractivity contribution in [1.29, 1.82) is 0 Å². The molecule has 0 saturated carbocycles. The highest BCUT2D eigenvalue weighted by atomic mass is 16.7. The van der Waals surface area contributed by atoms with Gasteiger partial charge in [0.1, 0.15) is 6.10 Å². The molecule has 0 aromatic rings. The van der Waals surface area contributed by atoms with E-state index in [1.165, 1.54) is 103 Å². The molecule has 0 spiro atoms. The largest absolute Gasteiger partial charge is 0.379 e. The van der Waals surface area contributed by atoms with Crippen molar-refractivity contribution in [2.24, 2.45) is 0 Å². The molecule has 0 aliphatic carbocycles. The maximum atomic E-state index is 5.73. The topological polar surface area (TPSA) is 27.7 Å². The van der Waals surface area contributed by atoms with Crippen molar-refractivity contribution < 1.29 is 14.2 Å². The lowest BCUT2D eigenvalue weighted by molar-refractivity contribution is -0.145. The minimum Gasteiger partial charge on any atom is -0.379 e. The first-order valence-electron chi connectivity index (χ1n) is 12.0. The summed E-state index contributed by atoms with van der Waals surface area (Å²) >= 11 is 0. The van der Waals surface area contributed by atoms with E-state index in [1.54, 1.807) is 0 Å².